The van der Waals surface area contributed by atoms with Gasteiger partial charge in [0.2, 0.25) is 0 Å². The number of benzene rings is 1. The van der Waals surface area contributed by atoms with Gasteiger partial charge in [-0.3, -0.25) is 9.90 Å². The predicted octanol–water partition coefficient (Wildman–Crippen LogP) is 5.53. The Morgan fingerprint density at radius 1 is 1.22 bits per heavy atom. The topological polar surface area (TPSA) is 12.5 Å². The third-order valence-electron chi connectivity index (χ3n) is 6.10. The normalized spacial score (nSPS) is 18.3. The van der Waals surface area contributed by atoms with E-state index in [4.69, 9.17) is 4.84 Å². The van der Waals surface area contributed by atoms with Crippen LogP contribution in [-0.4, -0.2) is 17.7 Å². The Balaban J connectivity index is 2.23. The largest absolute Gasteiger partial charge is 0.267 e. The summed E-state index contributed by atoms with van der Waals surface area (Å²) >= 11 is 0. The van der Waals surface area contributed by atoms with Crippen LogP contribution in [0.5, 0.6) is 0 Å². The van der Waals surface area contributed by atoms with Gasteiger partial charge in [-0.2, -0.15) is 0 Å². The average Bonchev–Trinajstić information content (AvgIpc) is 2.74. The lowest BCUT2D eigenvalue weighted by atomic mass is 9.66. The molecule has 0 radical (unpaired) electrons. The van der Waals surface area contributed by atoms with Crippen molar-refractivity contribution in [1.82, 2.24) is 5.06 Å². The minimum Gasteiger partial charge on any atom is -0.267 e. The molecule has 1 aliphatic carbocycles. The Labute approximate surface area is 142 Å². The van der Waals surface area contributed by atoms with E-state index >= 15 is 0 Å². The van der Waals surface area contributed by atoms with Gasteiger partial charge in [-0.1, -0.05) is 37.3 Å². The Bertz CT molecular complexity index is 532. The van der Waals surface area contributed by atoms with E-state index in [9.17, 15) is 0 Å². The van der Waals surface area contributed by atoms with Crippen LogP contribution in [0, 0.1) is 5.41 Å². The predicted molar refractivity (Wildman–Crippen MR) is 98.2 cm³/mol. The maximum atomic E-state index is 6.44. The van der Waals surface area contributed by atoms with Crippen LogP contribution in [0.15, 0.2) is 36.0 Å². The van der Waals surface area contributed by atoms with Gasteiger partial charge in [0.15, 0.2) is 0 Å². The van der Waals surface area contributed by atoms with Crippen LogP contribution in [0.1, 0.15) is 65.0 Å². The van der Waals surface area contributed by atoms with E-state index in [1.165, 1.54) is 24.0 Å². The van der Waals surface area contributed by atoms with Crippen molar-refractivity contribution in [3.63, 3.8) is 0 Å². The summed E-state index contributed by atoms with van der Waals surface area (Å²) in [6.45, 7) is 11.0. The number of rotatable bonds is 5. The third kappa shape index (κ3) is 3.63. The van der Waals surface area contributed by atoms with Gasteiger partial charge in [0.05, 0.1) is 5.60 Å². The van der Waals surface area contributed by atoms with Crippen molar-refractivity contribution in [2.75, 3.05) is 7.05 Å². The molecule has 0 unspecified atom stereocenters. The number of hydroxylamine groups is 2. The molecular weight excluding hydrogens is 282 g/mol. The van der Waals surface area contributed by atoms with Gasteiger partial charge in [0.25, 0.3) is 0 Å². The molecule has 1 aromatic rings. The van der Waals surface area contributed by atoms with E-state index in [2.05, 4.69) is 65.0 Å². The van der Waals surface area contributed by atoms with Crippen molar-refractivity contribution in [3.8, 4) is 0 Å². The Kier molecular flexibility index (Phi) is 5.57. The number of fused-ring (bicyclic) bond motifs is 1. The summed E-state index contributed by atoms with van der Waals surface area (Å²) in [7, 11) is 2.02. The first-order valence-corrected chi connectivity index (χ1v) is 8.98. The molecule has 2 rings (SSSR count). The second kappa shape index (κ2) is 7.09. The zero-order chi connectivity index (χ0) is 17.1. The molecule has 0 heterocycles. The molecule has 0 bridgehead atoms. The summed E-state index contributed by atoms with van der Waals surface area (Å²) in [5, 5.41) is 1.94. The van der Waals surface area contributed by atoms with Crippen LogP contribution >= 0.6 is 0 Å². The molecule has 0 spiro atoms. The van der Waals surface area contributed by atoms with E-state index < -0.39 is 0 Å². The van der Waals surface area contributed by atoms with Crippen LogP contribution in [0.2, 0.25) is 0 Å². The van der Waals surface area contributed by atoms with E-state index in [1.54, 1.807) is 0 Å². The van der Waals surface area contributed by atoms with Crippen molar-refractivity contribution in [2.45, 2.75) is 72.3 Å². The molecule has 0 aromatic heterocycles. The first-order chi connectivity index (χ1) is 10.8. The van der Waals surface area contributed by atoms with Gasteiger partial charge < -0.3 is 0 Å². The van der Waals surface area contributed by atoms with Gasteiger partial charge in [-0.05, 0) is 70.9 Å². The van der Waals surface area contributed by atoms with Crippen LogP contribution < -0.4 is 0 Å². The monoisotopic (exact) mass is 315 g/mol. The van der Waals surface area contributed by atoms with Gasteiger partial charge in [-0.25, -0.2) is 0 Å². The fraction of sp³-hybridized carbons (Fsp3) is 0.619. The quantitative estimate of drug-likeness (QED) is 0.523. The van der Waals surface area contributed by atoms with Crippen molar-refractivity contribution in [2.24, 2.45) is 5.41 Å². The fourth-order valence-electron chi connectivity index (χ4n) is 3.99. The first kappa shape index (κ1) is 18.1. The summed E-state index contributed by atoms with van der Waals surface area (Å²) in [5.41, 5.74) is 4.21. The molecule has 1 aliphatic rings. The molecule has 0 atom stereocenters. The minimum atomic E-state index is -0.192. The van der Waals surface area contributed by atoms with E-state index in [0.29, 0.717) is 0 Å². The highest BCUT2D eigenvalue weighted by Crippen LogP contribution is 2.48. The first-order valence-electron chi connectivity index (χ1n) is 8.98. The molecule has 128 valence electrons. The highest BCUT2D eigenvalue weighted by Gasteiger charge is 2.46. The number of aryl methyl sites for hydroxylation is 2. The smallest absolute Gasteiger partial charge is 0.0962 e. The van der Waals surface area contributed by atoms with Crippen molar-refractivity contribution < 1.29 is 4.84 Å². The van der Waals surface area contributed by atoms with E-state index in [0.717, 1.165) is 25.0 Å². The van der Waals surface area contributed by atoms with Crippen molar-refractivity contribution >= 4 is 0 Å². The van der Waals surface area contributed by atoms with Crippen molar-refractivity contribution in [3.05, 3.63) is 47.2 Å². The highest BCUT2D eigenvalue weighted by atomic mass is 16.7. The van der Waals surface area contributed by atoms with Crippen LogP contribution in [-0.2, 0) is 17.7 Å². The maximum absolute atomic E-state index is 6.44. The number of hydrogen-bond acceptors (Lipinski definition) is 2. The SMILES string of the molecule is CC=C(C)N(C)OC(C)(C)C1(CC)CCc2ccccc2CC1. The van der Waals surface area contributed by atoms with Crippen LogP contribution in [0.4, 0.5) is 0 Å². The second-order valence-corrected chi connectivity index (χ2v) is 7.43. The number of nitrogens with zero attached hydrogens (tertiary/aromatic N) is 1. The molecule has 2 heteroatoms. The van der Waals surface area contributed by atoms with Crippen molar-refractivity contribution in [1.29, 1.82) is 0 Å². The third-order valence-corrected chi connectivity index (χ3v) is 6.10. The molecule has 0 saturated heterocycles. The second-order valence-electron chi connectivity index (χ2n) is 7.43. The molecule has 0 saturated carbocycles. The standard InChI is InChI=1S/C21H33NO/c1-7-17(3)22(6)23-20(4,5)21(8-2)15-13-18-11-9-10-12-19(18)14-16-21/h7,9-12H,8,13-16H2,1-6H3. The molecule has 23 heavy (non-hydrogen) atoms. The lowest BCUT2D eigenvalue weighted by molar-refractivity contribution is -0.249. The summed E-state index contributed by atoms with van der Waals surface area (Å²) < 4.78 is 0. The molecule has 1 aromatic carbocycles. The maximum Gasteiger partial charge on any atom is 0.0962 e. The average molecular weight is 316 g/mol. The summed E-state index contributed by atoms with van der Waals surface area (Å²) in [5.74, 6) is 0. The number of hydrogen-bond donors (Lipinski definition) is 0. The number of allylic oxidation sites excluding steroid dienone is 2. The van der Waals surface area contributed by atoms with Gasteiger partial charge in [-0.15, -0.1) is 0 Å². The summed E-state index contributed by atoms with van der Waals surface area (Å²) in [4.78, 5) is 6.44. The zero-order valence-electron chi connectivity index (χ0n) is 15.8. The molecule has 0 aliphatic heterocycles. The summed E-state index contributed by atoms with van der Waals surface area (Å²) in [6.07, 6.45) is 7.94. The zero-order valence-corrected chi connectivity index (χ0v) is 15.8. The molecule has 0 fully saturated rings. The fourth-order valence-corrected chi connectivity index (χ4v) is 3.99. The van der Waals surface area contributed by atoms with Gasteiger partial charge >= 0.3 is 0 Å². The Morgan fingerprint density at radius 3 is 2.17 bits per heavy atom. The van der Waals surface area contributed by atoms with Gasteiger partial charge in [0, 0.05) is 18.2 Å². The van der Waals surface area contributed by atoms with Crippen LogP contribution in [0.25, 0.3) is 0 Å². The molecule has 0 N–H and O–H groups in total. The summed E-state index contributed by atoms with van der Waals surface area (Å²) in [6, 6.07) is 8.93. The molecule has 0 amide bonds. The van der Waals surface area contributed by atoms with Gasteiger partial charge in [0.1, 0.15) is 0 Å². The van der Waals surface area contributed by atoms with Crippen LogP contribution in [0.3, 0.4) is 0 Å². The highest BCUT2D eigenvalue weighted by molar-refractivity contribution is 5.29. The minimum absolute atomic E-state index is 0.192. The van der Waals surface area contributed by atoms with E-state index in [1.807, 2.05) is 12.1 Å². The Hall–Kier alpha value is -1.28. The lowest BCUT2D eigenvalue weighted by Gasteiger charge is -2.47. The lowest BCUT2D eigenvalue weighted by Crippen LogP contribution is -2.48. The molecular formula is C21H33NO. The Morgan fingerprint density at radius 2 is 1.74 bits per heavy atom. The van der Waals surface area contributed by atoms with E-state index in [-0.39, 0.29) is 11.0 Å². The molecule has 2 nitrogen and oxygen atoms in total.